The standard InChI is InChI=1S/C15H19F2NO/c16-12-5-3-4-11(14(12)17)10-15(19)7-9-18-8-2-1-6-13(15)18/h3-5,13,19H,1-2,6-10H2. The van der Waals surface area contributed by atoms with E-state index in [9.17, 15) is 13.9 Å². The molecule has 2 aliphatic rings. The summed E-state index contributed by atoms with van der Waals surface area (Å²) < 4.78 is 27.0. The van der Waals surface area contributed by atoms with Gasteiger partial charge in [-0.2, -0.15) is 0 Å². The first-order chi connectivity index (χ1) is 9.10. The predicted molar refractivity (Wildman–Crippen MR) is 68.8 cm³/mol. The summed E-state index contributed by atoms with van der Waals surface area (Å²) in [6.07, 6.45) is 4.08. The molecular weight excluding hydrogens is 248 g/mol. The second-order valence-electron chi connectivity index (χ2n) is 5.79. The Hall–Kier alpha value is -1.00. The van der Waals surface area contributed by atoms with Crippen LogP contribution in [-0.4, -0.2) is 34.7 Å². The van der Waals surface area contributed by atoms with Gasteiger partial charge in [0.1, 0.15) is 0 Å². The molecule has 2 aliphatic heterocycles. The monoisotopic (exact) mass is 267 g/mol. The van der Waals surface area contributed by atoms with Gasteiger partial charge in [0.15, 0.2) is 11.6 Å². The minimum Gasteiger partial charge on any atom is -0.388 e. The molecule has 0 bridgehead atoms. The Kier molecular flexibility index (Phi) is 3.31. The van der Waals surface area contributed by atoms with E-state index in [0.29, 0.717) is 6.42 Å². The van der Waals surface area contributed by atoms with Gasteiger partial charge in [-0.3, -0.25) is 4.90 Å². The predicted octanol–water partition coefficient (Wildman–Crippen LogP) is 2.50. The first-order valence-corrected chi connectivity index (χ1v) is 6.99. The van der Waals surface area contributed by atoms with Crippen LogP contribution in [0.25, 0.3) is 0 Å². The van der Waals surface area contributed by atoms with Crippen LogP contribution in [0.2, 0.25) is 0 Å². The summed E-state index contributed by atoms with van der Waals surface area (Å²) >= 11 is 0. The molecule has 3 rings (SSSR count). The summed E-state index contributed by atoms with van der Waals surface area (Å²) in [5, 5.41) is 10.8. The van der Waals surface area contributed by atoms with Crippen molar-refractivity contribution >= 4 is 0 Å². The van der Waals surface area contributed by atoms with E-state index in [4.69, 9.17) is 0 Å². The van der Waals surface area contributed by atoms with Crippen LogP contribution in [0.5, 0.6) is 0 Å². The Morgan fingerprint density at radius 3 is 2.95 bits per heavy atom. The number of fused-ring (bicyclic) bond motifs is 1. The second-order valence-corrected chi connectivity index (χ2v) is 5.79. The van der Waals surface area contributed by atoms with Crippen molar-refractivity contribution in [1.82, 2.24) is 4.90 Å². The molecule has 1 aromatic rings. The highest BCUT2D eigenvalue weighted by Gasteiger charge is 2.46. The van der Waals surface area contributed by atoms with E-state index in [1.54, 1.807) is 6.07 Å². The Labute approximate surface area is 112 Å². The zero-order chi connectivity index (χ0) is 13.5. The van der Waals surface area contributed by atoms with Crippen LogP contribution < -0.4 is 0 Å². The minimum atomic E-state index is -0.908. The van der Waals surface area contributed by atoms with E-state index < -0.39 is 17.2 Å². The molecule has 0 aliphatic carbocycles. The van der Waals surface area contributed by atoms with E-state index in [1.807, 2.05) is 0 Å². The van der Waals surface area contributed by atoms with Crippen molar-refractivity contribution in [3.63, 3.8) is 0 Å². The van der Waals surface area contributed by atoms with Gasteiger partial charge in [0.05, 0.1) is 5.60 Å². The van der Waals surface area contributed by atoms with E-state index in [2.05, 4.69) is 4.90 Å². The quantitative estimate of drug-likeness (QED) is 0.890. The van der Waals surface area contributed by atoms with Gasteiger partial charge in [0, 0.05) is 19.0 Å². The molecule has 19 heavy (non-hydrogen) atoms. The first-order valence-electron chi connectivity index (χ1n) is 6.99. The Balaban J connectivity index is 1.83. The third kappa shape index (κ3) is 2.28. The molecule has 0 spiro atoms. The van der Waals surface area contributed by atoms with Crippen LogP contribution in [0, 0.1) is 11.6 Å². The lowest BCUT2D eigenvalue weighted by Gasteiger charge is -2.37. The lowest BCUT2D eigenvalue weighted by Crippen LogP contribution is -2.48. The van der Waals surface area contributed by atoms with Crippen molar-refractivity contribution in [3.05, 3.63) is 35.4 Å². The van der Waals surface area contributed by atoms with Crippen LogP contribution in [0.15, 0.2) is 18.2 Å². The van der Waals surface area contributed by atoms with Crippen LogP contribution in [0.1, 0.15) is 31.2 Å². The highest BCUT2D eigenvalue weighted by molar-refractivity contribution is 5.22. The number of nitrogens with zero attached hydrogens (tertiary/aromatic N) is 1. The van der Waals surface area contributed by atoms with Crippen LogP contribution in [0.3, 0.4) is 0 Å². The number of halogens is 2. The van der Waals surface area contributed by atoms with E-state index in [0.717, 1.165) is 32.0 Å². The first kappa shape index (κ1) is 13.0. The van der Waals surface area contributed by atoms with Crippen LogP contribution >= 0.6 is 0 Å². The molecular formula is C15H19F2NO. The Bertz CT molecular complexity index is 479. The SMILES string of the molecule is OC1(Cc2cccc(F)c2F)CCN2CCCCC21. The fourth-order valence-corrected chi connectivity index (χ4v) is 3.59. The van der Waals surface area contributed by atoms with Gasteiger partial charge in [0.2, 0.25) is 0 Å². The third-order valence-corrected chi connectivity index (χ3v) is 4.59. The lowest BCUT2D eigenvalue weighted by molar-refractivity contribution is -0.00952. The molecule has 104 valence electrons. The average molecular weight is 267 g/mol. The van der Waals surface area contributed by atoms with Gasteiger partial charge < -0.3 is 5.11 Å². The Morgan fingerprint density at radius 2 is 2.11 bits per heavy atom. The number of hydrogen-bond donors (Lipinski definition) is 1. The largest absolute Gasteiger partial charge is 0.388 e. The number of aliphatic hydroxyl groups is 1. The fourth-order valence-electron chi connectivity index (χ4n) is 3.59. The van der Waals surface area contributed by atoms with Gasteiger partial charge in [-0.15, -0.1) is 0 Å². The molecule has 0 saturated carbocycles. The lowest BCUT2D eigenvalue weighted by atomic mass is 9.83. The van der Waals surface area contributed by atoms with Gasteiger partial charge in [-0.05, 0) is 37.4 Å². The normalized spacial score (nSPS) is 31.4. The van der Waals surface area contributed by atoms with Crippen LogP contribution in [-0.2, 0) is 6.42 Å². The molecule has 2 saturated heterocycles. The second kappa shape index (κ2) is 4.84. The number of hydrogen-bond acceptors (Lipinski definition) is 2. The molecule has 1 aromatic carbocycles. The fraction of sp³-hybridized carbons (Fsp3) is 0.600. The molecule has 2 unspecified atom stereocenters. The van der Waals surface area contributed by atoms with E-state index in [1.165, 1.54) is 12.5 Å². The van der Waals surface area contributed by atoms with Crippen molar-refractivity contribution in [2.45, 2.75) is 43.7 Å². The van der Waals surface area contributed by atoms with Gasteiger partial charge in [-0.1, -0.05) is 18.6 Å². The summed E-state index contributed by atoms with van der Waals surface area (Å²) in [6, 6.07) is 4.29. The van der Waals surface area contributed by atoms with Crippen molar-refractivity contribution in [1.29, 1.82) is 0 Å². The van der Waals surface area contributed by atoms with Crippen molar-refractivity contribution in [2.75, 3.05) is 13.1 Å². The Morgan fingerprint density at radius 1 is 1.26 bits per heavy atom. The maximum absolute atomic E-state index is 13.7. The van der Waals surface area contributed by atoms with Gasteiger partial charge >= 0.3 is 0 Å². The summed E-state index contributed by atoms with van der Waals surface area (Å²) in [5.41, 5.74) is -0.621. The number of benzene rings is 1. The topological polar surface area (TPSA) is 23.5 Å². The molecule has 2 atom stereocenters. The molecule has 4 heteroatoms. The average Bonchev–Trinajstić information content (AvgIpc) is 2.74. The van der Waals surface area contributed by atoms with Crippen LogP contribution in [0.4, 0.5) is 8.78 Å². The molecule has 0 amide bonds. The van der Waals surface area contributed by atoms with E-state index in [-0.39, 0.29) is 18.0 Å². The highest BCUT2D eigenvalue weighted by atomic mass is 19.2. The van der Waals surface area contributed by atoms with Gasteiger partial charge in [-0.25, -0.2) is 8.78 Å². The number of piperidine rings is 1. The maximum atomic E-state index is 13.7. The minimum absolute atomic E-state index is 0.101. The zero-order valence-corrected chi connectivity index (χ0v) is 10.9. The molecule has 2 heterocycles. The molecule has 1 N–H and O–H groups in total. The number of rotatable bonds is 2. The smallest absolute Gasteiger partial charge is 0.162 e. The third-order valence-electron chi connectivity index (χ3n) is 4.59. The molecule has 0 aromatic heterocycles. The molecule has 2 nitrogen and oxygen atoms in total. The summed E-state index contributed by atoms with van der Waals surface area (Å²) in [6.45, 7) is 1.87. The summed E-state index contributed by atoms with van der Waals surface area (Å²) in [4.78, 5) is 2.29. The van der Waals surface area contributed by atoms with Crippen molar-refractivity contribution in [3.8, 4) is 0 Å². The van der Waals surface area contributed by atoms with Crippen molar-refractivity contribution < 1.29 is 13.9 Å². The highest BCUT2D eigenvalue weighted by Crippen LogP contribution is 2.37. The molecule has 0 radical (unpaired) electrons. The zero-order valence-electron chi connectivity index (χ0n) is 10.9. The molecule has 2 fully saturated rings. The summed E-state index contributed by atoms with van der Waals surface area (Å²) in [5.74, 6) is -1.65. The summed E-state index contributed by atoms with van der Waals surface area (Å²) in [7, 11) is 0. The van der Waals surface area contributed by atoms with Gasteiger partial charge in [0.25, 0.3) is 0 Å². The maximum Gasteiger partial charge on any atom is 0.162 e. The van der Waals surface area contributed by atoms with E-state index >= 15 is 0 Å². The van der Waals surface area contributed by atoms with Crippen molar-refractivity contribution in [2.24, 2.45) is 0 Å².